The number of rotatable bonds is 3. The Hall–Kier alpha value is -1.99. The fourth-order valence-electron chi connectivity index (χ4n) is 3.07. The van der Waals surface area contributed by atoms with E-state index in [2.05, 4.69) is 5.32 Å². The lowest BCUT2D eigenvalue weighted by molar-refractivity contribution is -0.114. The van der Waals surface area contributed by atoms with Gasteiger partial charge in [-0.2, -0.15) is 0 Å². The molecule has 3 aromatic rings. The number of nitrogens with one attached hydrogen (secondary N) is 1. The van der Waals surface area contributed by atoms with E-state index in [1.54, 1.807) is 18.2 Å². The van der Waals surface area contributed by atoms with Gasteiger partial charge in [-0.15, -0.1) is 0 Å². The molecule has 0 radical (unpaired) electrons. The Morgan fingerprint density at radius 2 is 1.63 bits per heavy atom. The molecule has 0 saturated carbocycles. The molecule has 0 saturated heterocycles. The number of hydrogen-bond donors (Lipinski definition) is 1. The van der Waals surface area contributed by atoms with Crippen LogP contribution in [0.2, 0.25) is 15.1 Å². The number of halogens is 3. The highest BCUT2D eigenvalue weighted by molar-refractivity contribution is 7.93. The molecule has 3 aromatic carbocycles. The molecular formula is C18H11Cl3N2O3S. The van der Waals surface area contributed by atoms with Gasteiger partial charge in [-0.05, 0) is 29.7 Å². The highest BCUT2D eigenvalue weighted by Gasteiger charge is 2.36. The van der Waals surface area contributed by atoms with Crippen LogP contribution in [0.3, 0.4) is 0 Å². The van der Waals surface area contributed by atoms with Crippen molar-refractivity contribution in [1.82, 2.24) is 0 Å². The van der Waals surface area contributed by atoms with E-state index >= 15 is 0 Å². The summed E-state index contributed by atoms with van der Waals surface area (Å²) in [7, 11) is -3.82. The zero-order valence-electron chi connectivity index (χ0n) is 13.5. The molecule has 1 amide bonds. The smallest absolute Gasteiger partial charge is 0.265 e. The third kappa shape index (κ3) is 3.02. The van der Waals surface area contributed by atoms with E-state index in [0.717, 1.165) is 9.69 Å². The van der Waals surface area contributed by atoms with Crippen LogP contribution >= 0.6 is 34.8 Å². The first-order valence-corrected chi connectivity index (χ1v) is 10.4. The monoisotopic (exact) mass is 440 g/mol. The molecule has 0 atom stereocenters. The molecule has 0 aliphatic carbocycles. The van der Waals surface area contributed by atoms with Crippen molar-refractivity contribution in [2.75, 3.05) is 16.2 Å². The molecule has 1 aliphatic heterocycles. The third-order valence-electron chi connectivity index (χ3n) is 4.25. The molecule has 5 nitrogen and oxygen atoms in total. The predicted molar refractivity (Wildman–Crippen MR) is 109 cm³/mol. The van der Waals surface area contributed by atoms with Crippen LogP contribution in [0.1, 0.15) is 0 Å². The summed E-state index contributed by atoms with van der Waals surface area (Å²) < 4.78 is 26.9. The summed E-state index contributed by atoms with van der Waals surface area (Å²) in [5, 5.41) is 4.67. The molecular weight excluding hydrogens is 431 g/mol. The van der Waals surface area contributed by atoms with Crippen LogP contribution in [-0.4, -0.2) is 20.9 Å². The first kappa shape index (κ1) is 18.4. The Morgan fingerprint density at radius 1 is 0.963 bits per heavy atom. The second-order valence-electron chi connectivity index (χ2n) is 5.94. The molecule has 9 heteroatoms. The normalized spacial score (nSPS) is 14.6. The van der Waals surface area contributed by atoms with E-state index in [1.807, 2.05) is 12.1 Å². The number of amides is 1. The van der Waals surface area contributed by atoms with E-state index in [-0.39, 0.29) is 25.7 Å². The van der Waals surface area contributed by atoms with Gasteiger partial charge in [0.1, 0.15) is 6.54 Å². The minimum atomic E-state index is -3.82. The molecule has 0 spiro atoms. The van der Waals surface area contributed by atoms with Gasteiger partial charge < -0.3 is 5.32 Å². The van der Waals surface area contributed by atoms with E-state index in [9.17, 15) is 13.2 Å². The first-order chi connectivity index (χ1) is 12.8. The molecule has 0 unspecified atom stereocenters. The number of benzene rings is 3. The van der Waals surface area contributed by atoms with Gasteiger partial charge in [0.05, 0.1) is 31.3 Å². The lowest BCUT2D eigenvalue weighted by Gasteiger charge is -2.18. The van der Waals surface area contributed by atoms with Gasteiger partial charge in [-0.25, -0.2) is 8.42 Å². The van der Waals surface area contributed by atoms with E-state index in [1.165, 1.54) is 18.2 Å². The van der Waals surface area contributed by atoms with Crippen molar-refractivity contribution in [2.45, 2.75) is 4.90 Å². The van der Waals surface area contributed by atoms with Crippen molar-refractivity contribution in [3.8, 4) is 0 Å². The maximum Gasteiger partial charge on any atom is 0.265 e. The van der Waals surface area contributed by atoms with E-state index in [4.69, 9.17) is 34.8 Å². The van der Waals surface area contributed by atoms with Crippen molar-refractivity contribution < 1.29 is 13.2 Å². The van der Waals surface area contributed by atoms with Crippen molar-refractivity contribution in [3.05, 3.63) is 63.6 Å². The van der Waals surface area contributed by atoms with Gasteiger partial charge in [0.2, 0.25) is 5.91 Å². The second kappa shape index (κ2) is 6.56. The number of anilines is 2. The molecule has 27 heavy (non-hydrogen) atoms. The molecule has 4 rings (SSSR count). The number of hydrogen-bond acceptors (Lipinski definition) is 3. The van der Waals surface area contributed by atoms with E-state index in [0.29, 0.717) is 11.1 Å². The van der Waals surface area contributed by atoms with Crippen molar-refractivity contribution in [1.29, 1.82) is 0 Å². The summed E-state index contributed by atoms with van der Waals surface area (Å²) in [4.78, 5) is 12.7. The summed E-state index contributed by atoms with van der Waals surface area (Å²) in [5.74, 6) is -0.552. The number of carbonyl (C=O) groups is 1. The largest absolute Gasteiger partial charge is 0.323 e. The standard InChI is InChI=1S/C18H11Cl3N2O3S/c19-11-7-13(21)14(8-12(11)20)22-17(24)9-23-15-5-1-3-10-4-2-6-16(18(10)15)27(23,25)26/h1-8H,9H2,(H,22,24). The molecule has 1 heterocycles. The van der Waals surface area contributed by atoms with Gasteiger partial charge in [0.25, 0.3) is 10.0 Å². The number of carbonyl (C=O) groups excluding carboxylic acids is 1. The molecule has 0 bridgehead atoms. The summed E-state index contributed by atoms with van der Waals surface area (Å²) in [5.41, 5.74) is 0.724. The zero-order chi connectivity index (χ0) is 19.3. The Bertz CT molecular complexity index is 1210. The Morgan fingerprint density at radius 3 is 2.37 bits per heavy atom. The minimum Gasteiger partial charge on any atom is -0.323 e. The number of nitrogens with zero attached hydrogens (tertiary/aromatic N) is 1. The Labute approximate surface area is 170 Å². The fourth-order valence-corrected chi connectivity index (χ4v) is 5.33. The van der Waals surface area contributed by atoms with E-state index < -0.39 is 22.5 Å². The van der Waals surface area contributed by atoms with Crippen molar-refractivity contribution >= 4 is 72.9 Å². The Kier molecular flexibility index (Phi) is 4.47. The Balaban J connectivity index is 1.67. The molecule has 1 aliphatic rings. The van der Waals surface area contributed by atoms with Crippen LogP contribution in [0, 0.1) is 0 Å². The number of sulfonamides is 1. The summed E-state index contributed by atoms with van der Waals surface area (Å²) in [6, 6.07) is 13.1. The molecule has 0 fully saturated rings. The average Bonchev–Trinajstić information content (AvgIpc) is 2.83. The zero-order valence-corrected chi connectivity index (χ0v) is 16.6. The van der Waals surface area contributed by atoms with Crippen molar-refractivity contribution in [2.24, 2.45) is 0 Å². The average molecular weight is 442 g/mol. The lowest BCUT2D eigenvalue weighted by Crippen LogP contribution is -2.35. The van der Waals surface area contributed by atoms with Gasteiger partial charge >= 0.3 is 0 Å². The molecule has 138 valence electrons. The maximum absolute atomic E-state index is 12.9. The van der Waals surface area contributed by atoms with Crippen LogP contribution in [0.15, 0.2) is 53.4 Å². The summed E-state index contributed by atoms with van der Waals surface area (Å²) in [6.07, 6.45) is 0. The topological polar surface area (TPSA) is 66.5 Å². The predicted octanol–water partition coefficient (Wildman–Crippen LogP) is 4.95. The highest BCUT2D eigenvalue weighted by Crippen LogP contribution is 2.41. The van der Waals surface area contributed by atoms with Crippen molar-refractivity contribution in [3.63, 3.8) is 0 Å². The quantitative estimate of drug-likeness (QED) is 0.585. The summed E-state index contributed by atoms with van der Waals surface area (Å²) >= 11 is 17.9. The van der Waals surface area contributed by atoms with Crippen LogP contribution in [-0.2, 0) is 14.8 Å². The SMILES string of the molecule is O=C(CN1c2cccc3cccc(c23)S1(=O)=O)Nc1cc(Cl)c(Cl)cc1Cl. The van der Waals surface area contributed by atoms with Crippen LogP contribution in [0.5, 0.6) is 0 Å². The minimum absolute atomic E-state index is 0.191. The fraction of sp³-hybridized carbons (Fsp3) is 0.0556. The lowest BCUT2D eigenvalue weighted by atomic mass is 10.1. The van der Waals surface area contributed by atoms with Crippen LogP contribution in [0.25, 0.3) is 10.8 Å². The first-order valence-electron chi connectivity index (χ1n) is 7.78. The molecule has 1 N–H and O–H groups in total. The van der Waals surface area contributed by atoms with Crippen LogP contribution in [0.4, 0.5) is 11.4 Å². The third-order valence-corrected chi connectivity index (χ3v) is 7.09. The van der Waals surface area contributed by atoms with Crippen LogP contribution < -0.4 is 9.62 Å². The summed E-state index contributed by atoms with van der Waals surface area (Å²) in [6.45, 7) is -0.396. The maximum atomic E-state index is 12.9. The molecule has 0 aromatic heterocycles. The highest BCUT2D eigenvalue weighted by atomic mass is 35.5. The van der Waals surface area contributed by atoms with Gasteiger partial charge in [0, 0.05) is 5.39 Å². The van der Waals surface area contributed by atoms with Gasteiger partial charge in [-0.3, -0.25) is 9.10 Å². The van der Waals surface area contributed by atoms with Gasteiger partial charge in [-0.1, -0.05) is 59.1 Å². The second-order valence-corrected chi connectivity index (χ2v) is 8.99. The van der Waals surface area contributed by atoms with Gasteiger partial charge in [0.15, 0.2) is 0 Å².